The van der Waals surface area contributed by atoms with Gasteiger partial charge in [-0.15, -0.1) is 0 Å². The summed E-state index contributed by atoms with van der Waals surface area (Å²) in [6.45, 7) is 5.42. The van der Waals surface area contributed by atoms with Crippen LogP contribution < -0.4 is 11.1 Å². The van der Waals surface area contributed by atoms with Gasteiger partial charge >= 0.3 is 0 Å². The number of carbonyl (C=O) groups is 1. The Morgan fingerprint density at radius 3 is 3.06 bits per heavy atom. The summed E-state index contributed by atoms with van der Waals surface area (Å²) in [5.74, 6) is -0.0871. The third-order valence-electron chi connectivity index (χ3n) is 3.17. The Hall–Kier alpha value is -1.49. The summed E-state index contributed by atoms with van der Waals surface area (Å²) in [5.41, 5.74) is 6.98. The first kappa shape index (κ1) is 13.0. The molecular formula is C13H21N3O2. The Morgan fingerprint density at radius 1 is 1.67 bits per heavy atom. The number of anilines is 1. The van der Waals surface area contributed by atoms with Crippen molar-refractivity contribution < 1.29 is 9.53 Å². The molecule has 1 aliphatic heterocycles. The minimum atomic E-state index is -0.0871. The van der Waals surface area contributed by atoms with Crippen LogP contribution >= 0.6 is 0 Å². The van der Waals surface area contributed by atoms with Gasteiger partial charge in [-0.05, 0) is 32.8 Å². The molecule has 1 unspecified atom stereocenters. The van der Waals surface area contributed by atoms with Crippen molar-refractivity contribution in [2.75, 3.05) is 18.9 Å². The smallest absolute Gasteiger partial charge is 0.268 e. The second kappa shape index (κ2) is 5.44. The highest BCUT2D eigenvalue weighted by Gasteiger charge is 2.19. The lowest BCUT2D eigenvalue weighted by molar-refractivity contribution is 0.0849. The molecule has 1 aromatic heterocycles. The van der Waals surface area contributed by atoms with Gasteiger partial charge in [0.15, 0.2) is 0 Å². The zero-order valence-electron chi connectivity index (χ0n) is 11.0. The van der Waals surface area contributed by atoms with Gasteiger partial charge in [0.1, 0.15) is 5.69 Å². The Balaban J connectivity index is 1.99. The van der Waals surface area contributed by atoms with Crippen LogP contribution in [0, 0.1) is 0 Å². The van der Waals surface area contributed by atoms with E-state index in [2.05, 4.69) is 5.32 Å². The molecule has 1 amide bonds. The number of aromatic nitrogens is 1. The van der Waals surface area contributed by atoms with Crippen molar-refractivity contribution in [1.82, 2.24) is 9.88 Å². The number of rotatable bonds is 4. The number of carbonyl (C=O) groups excluding carboxylic acids is 1. The van der Waals surface area contributed by atoms with E-state index in [9.17, 15) is 4.79 Å². The number of amides is 1. The van der Waals surface area contributed by atoms with Crippen LogP contribution in [0.4, 0.5) is 5.69 Å². The topological polar surface area (TPSA) is 69.3 Å². The van der Waals surface area contributed by atoms with Gasteiger partial charge in [-0.1, -0.05) is 0 Å². The van der Waals surface area contributed by atoms with Crippen LogP contribution in [0.25, 0.3) is 0 Å². The SMILES string of the molecule is CC(C)n1cc(N)cc1C(=O)NCC1CCCO1. The van der Waals surface area contributed by atoms with Crippen LogP contribution in [0.3, 0.4) is 0 Å². The summed E-state index contributed by atoms with van der Waals surface area (Å²) in [4.78, 5) is 12.1. The summed E-state index contributed by atoms with van der Waals surface area (Å²) < 4.78 is 7.36. The molecule has 0 saturated carbocycles. The summed E-state index contributed by atoms with van der Waals surface area (Å²) in [6.07, 6.45) is 4.06. The predicted octanol–water partition coefficient (Wildman–Crippen LogP) is 1.56. The fourth-order valence-electron chi connectivity index (χ4n) is 2.21. The quantitative estimate of drug-likeness (QED) is 0.853. The van der Waals surface area contributed by atoms with E-state index < -0.39 is 0 Å². The largest absolute Gasteiger partial charge is 0.397 e. The first-order valence-corrected chi connectivity index (χ1v) is 6.45. The van der Waals surface area contributed by atoms with Gasteiger partial charge in [-0.2, -0.15) is 0 Å². The van der Waals surface area contributed by atoms with Gasteiger partial charge in [0.2, 0.25) is 0 Å². The van der Waals surface area contributed by atoms with Crippen LogP contribution in [0.5, 0.6) is 0 Å². The number of hydrogen-bond donors (Lipinski definition) is 2. The lowest BCUT2D eigenvalue weighted by Gasteiger charge is -2.14. The summed E-state index contributed by atoms with van der Waals surface area (Å²) in [6, 6.07) is 1.93. The fourth-order valence-corrected chi connectivity index (χ4v) is 2.21. The van der Waals surface area contributed by atoms with E-state index in [1.165, 1.54) is 0 Å². The molecule has 5 heteroatoms. The molecule has 1 aromatic rings. The summed E-state index contributed by atoms with van der Waals surface area (Å²) >= 11 is 0. The minimum Gasteiger partial charge on any atom is -0.397 e. The van der Waals surface area contributed by atoms with E-state index in [1.807, 2.05) is 18.4 Å². The maximum atomic E-state index is 12.1. The average molecular weight is 251 g/mol. The molecule has 0 radical (unpaired) electrons. The average Bonchev–Trinajstić information content (AvgIpc) is 2.94. The highest BCUT2D eigenvalue weighted by Crippen LogP contribution is 2.17. The van der Waals surface area contributed by atoms with Crippen molar-refractivity contribution in [2.24, 2.45) is 0 Å². The van der Waals surface area contributed by atoms with Crippen molar-refractivity contribution >= 4 is 11.6 Å². The third-order valence-corrected chi connectivity index (χ3v) is 3.17. The second-order valence-corrected chi connectivity index (χ2v) is 5.00. The molecule has 0 spiro atoms. The van der Waals surface area contributed by atoms with Gasteiger partial charge in [-0.3, -0.25) is 4.79 Å². The molecule has 0 bridgehead atoms. The molecule has 1 fully saturated rings. The van der Waals surface area contributed by atoms with Crippen LogP contribution in [0.2, 0.25) is 0 Å². The third kappa shape index (κ3) is 2.85. The summed E-state index contributed by atoms with van der Waals surface area (Å²) in [5, 5.41) is 2.91. The molecule has 0 aliphatic carbocycles. The van der Waals surface area contributed by atoms with E-state index in [0.29, 0.717) is 17.9 Å². The standard InChI is InChI=1S/C13H21N3O2/c1-9(2)16-8-10(14)6-12(16)13(17)15-7-11-4-3-5-18-11/h6,8-9,11H,3-5,7,14H2,1-2H3,(H,15,17). The van der Waals surface area contributed by atoms with E-state index >= 15 is 0 Å². The van der Waals surface area contributed by atoms with Crippen LogP contribution in [0.15, 0.2) is 12.3 Å². The highest BCUT2D eigenvalue weighted by atomic mass is 16.5. The van der Waals surface area contributed by atoms with Crippen molar-refractivity contribution in [1.29, 1.82) is 0 Å². The Labute approximate surface area is 107 Å². The molecule has 18 heavy (non-hydrogen) atoms. The van der Waals surface area contributed by atoms with Crippen molar-refractivity contribution in [2.45, 2.75) is 38.8 Å². The Bertz CT molecular complexity index is 420. The number of nitrogens with two attached hydrogens (primary N) is 1. The van der Waals surface area contributed by atoms with E-state index in [0.717, 1.165) is 19.4 Å². The Morgan fingerprint density at radius 2 is 2.44 bits per heavy atom. The van der Waals surface area contributed by atoms with Crippen molar-refractivity contribution in [3.05, 3.63) is 18.0 Å². The normalized spacial score (nSPS) is 19.4. The first-order valence-electron chi connectivity index (χ1n) is 6.45. The number of ether oxygens (including phenoxy) is 1. The molecule has 2 rings (SSSR count). The van der Waals surface area contributed by atoms with Crippen LogP contribution in [-0.4, -0.2) is 29.7 Å². The number of hydrogen-bond acceptors (Lipinski definition) is 3. The lowest BCUT2D eigenvalue weighted by atomic mass is 10.2. The molecule has 1 saturated heterocycles. The molecule has 1 atom stereocenters. The molecular weight excluding hydrogens is 230 g/mol. The molecule has 3 N–H and O–H groups in total. The van der Waals surface area contributed by atoms with Gasteiger partial charge in [0.25, 0.3) is 5.91 Å². The number of nitrogen functional groups attached to an aromatic ring is 1. The van der Waals surface area contributed by atoms with Gasteiger partial charge in [0.05, 0.1) is 11.8 Å². The lowest BCUT2D eigenvalue weighted by Crippen LogP contribution is -2.33. The molecule has 0 aromatic carbocycles. The zero-order chi connectivity index (χ0) is 13.1. The van der Waals surface area contributed by atoms with Crippen molar-refractivity contribution in [3.8, 4) is 0 Å². The Kier molecular flexibility index (Phi) is 3.91. The van der Waals surface area contributed by atoms with Gasteiger partial charge < -0.3 is 20.4 Å². The fraction of sp³-hybridized carbons (Fsp3) is 0.615. The van der Waals surface area contributed by atoms with E-state index in [-0.39, 0.29) is 18.1 Å². The summed E-state index contributed by atoms with van der Waals surface area (Å²) in [7, 11) is 0. The van der Waals surface area contributed by atoms with Gasteiger partial charge in [0, 0.05) is 25.4 Å². The molecule has 5 nitrogen and oxygen atoms in total. The predicted molar refractivity (Wildman–Crippen MR) is 70.5 cm³/mol. The van der Waals surface area contributed by atoms with Crippen molar-refractivity contribution in [3.63, 3.8) is 0 Å². The first-order chi connectivity index (χ1) is 8.58. The maximum Gasteiger partial charge on any atom is 0.268 e. The van der Waals surface area contributed by atoms with E-state index in [1.54, 1.807) is 12.3 Å². The van der Waals surface area contributed by atoms with E-state index in [4.69, 9.17) is 10.5 Å². The highest BCUT2D eigenvalue weighted by molar-refractivity contribution is 5.93. The van der Waals surface area contributed by atoms with Crippen LogP contribution in [-0.2, 0) is 4.74 Å². The monoisotopic (exact) mass is 251 g/mol. The maximum absolute atomic E-state index is 12.1. The number of nitrogens with one attached hydrogen (secondary N) is 1. The second-order valence-electron chi connectivity index (χ2n) is 5.00. The zero-order valence-corrected chi connectivity index (χ0v) is 11.0. The molecule has 2 heterocycles. The molecule has 100 valence electrons. The molecule has 1 aliphatic rings. The number of nitrogens with zero attached hydrogens (tertiary/aromatic N) is 1. The minimum absolute atomic E-state index is 0.0871. The van der Waals surface area contributed by atoms with Crippen LogP contribution in [0.1, 0.15) is 43.2 Å². The van der Waals surface area contributed by atoms with Gasteiger partial charge in [-0.25, -0.2) is 0 Å².